The molecule has 82 valence electrons. The van der Waals surface area contributed by atoms with E-state index in [-0.39, 0.29) is 0 Å². The van der Waals surface area contributed by atoms with Crippen LogP contribution in [-0.4, -0.2) is 11.5 Å². The average Bonchev–Trinajstić information content (AvgIpc) is 2.73. The van der Waals surface area contributed by atoms with E-state index in [1.807, 2.05) is 24.3 Å². The van der Waals surface area contributed by atoms with Crippen molar-refractivity contribution in [2.45, 2.75) is 13.0 Å². The quantitative estimate of drug-likeness (QED) is 0.777. The Labute approximate surface area is 99.6 Å². The van der Waals surface area contributed by atoms with Crippen LogP contribution in [0.1, 0.15) is 11.3 Å². The Morgan fingerprint density at radius 2 is 1.94 bits per heavy atom. The lowest BCUT2D eigenvalue weighted by atomic mass is 10.1. The van der Waals surface area contributed by atoms with Crippen molar-refractivity contribution in [1.29, 1.82) is 0 Å². The molecule has 0 atom stereocenters. The van der Waals surface area contributed by atoms with Crippen LogP contribution in [0.4, 0.5) is 0 Å². The molecule has 16 heavy (non-hydrogen) atoms. The van der Waals surface area contributed by atoms with E-state index in [0.717, 1.165) is 24.5 Å². The monoisotopic (exact) mass is 232 g/mol. The van der Waals surface area contributed by atoms with Gasteiger partial charge in [0, 0.05) is 23.0 Å². The number of fused-ring (bicyclic) bond motifs is 1. The van der Waals surface area contributed by atoms with Crippen LogP contribution in [0.2, 0.25) is 5.02 Å². The van der Waals surface area contributed by atoms with E-state index in [2.05, 4.69) is 16.4 Å². The van der Waals surface area contributed by atoms with Gasteiger partial charge in [-0.2, -0.15) is 0 Å². The van der Waals surface area contributed by atoms with E-state index in [9.17, 15) is 0 Å². The minimum Gasteiger partial charge on any atom is -0.357 e. The molecule has 0 amide bonds. The fourth-order valence-corrected chi connectivity index (χ4v) is 2.27. The minimum atomic E-state index is 0.779. The Morgan fingerprint density at radius 1 is 1.12 bits per heavy atom. The van der Waals surface area contributed by atoms with Crippen LogP contribution in [0.3, 0.4) is 0 Å². The molecule has 1 aliphatic rings. The molecule has 1 aliphatic heterocycles. The van der Waals surface area contributed by atoms with Crippen molar-refractivity contribution in [2.24, 2.45) is 0 Å². The number of hydrogen-bond donors (Lipinski definition) is 2. The van der Waals surface area contributed by atoms with E-state index in [1.54, 1.807) is 0 Å². The van der Waals surface area contributed by atoms with Crippen molar-refractivity contribution in [3.63, 3.8) is 0 Å². The first-order valence-corrected chi connectivity index (χ1v) is 5.88. The van der Waals surface area contributed by atoms with E-state index >= 15 is 0 Å². The highest BCUT2D eigenvalue weighted by molar-refractivity contribution is 6.30. The van der Waals surface area contributed by atoms with E-state index in [0.29, 0.717) is 0 Å². The number of nitrogens with one attached hydrogen (secondary N) is 2. The molecule has 1 aromatic heterocycles. The third kappa shape index (κ3) is 1.75. The largest absolute Gasteiger partial charge is 0.357 e. The maximum atomic E-state index is 5.88. The van der Waals surface area contributed by atoms with Crippen molar-refractivity contribution in [3.05, 3.63) is 46.6 Å². The Bertz CT molecular complexity index is 476. The second-order valence-electron chi connectivity index (χ2n) is 4.12. The van der Waals surface area contributed by atoms with E-state index in [1.165, 1.54) is 22.5 Å². The summed E-state index contributed by atoms with van der Waals surface area (Å²) in [4.78, 5) is 3.46. The molecule has 0 aliphatic carbocycles. The normalized spacial score (nSPS) is 14.8. The number of hydrogen-bond acceptors (Lipinski definition) is 1. The molecule has 0 spiro atoms. The summed E-state index contributed by atoms with van der Waals surface area (Å²) < 4.78 is 0. The summed E-state index contributed by atoms with van der Waals surface area (Å²) in [5, 5.41) is 4.14. The van der Waals surface area contributed by atoms with Gasteiger partial charge in [-0.05, 0) is 42.3 Å². The van der Waals surface area contributed by atoms with Crippen LogP contribution in [0.15, 0.2) is 30.3 Å². The van der Waals surface area contributed by atoms with Gasteiger partial charge in [-0.1, -0.05) is 23.7 Å². The van der Waals surface area contributed by atoms with Gasteiger partial charge in [-0.3, -0.25) is 0 Å². The maximum absolute atomic E-state index is 5.88. The van der Waals surface area contributed by atoms with Crippen LogP contribution in [0, 0.1) is 0 Å². The Balaban J connectivity index is 2.00. The highest BCUT2D eigenvalue weighted by atomic mass is 35.5. The van der Waals surface area contributed by atoms with Crippen LogP contribution in [-0.2, 0) is 13.0 Å². The molecular formula is C13H13ClN2. The molecule has 0 fully saturated rings. The molecule has 0 unspecified atom stereocenters. The molecule has 0 radical (unpaired) electrons. The second kappa shape index (κ2) is 3.96. The number of rotatable bonds is 1. The van der Waals surface area contributed by atoms with Crippen LogP contribution >= 0.6 is 11.6 Å². The highest BCUT2D eigenvalue weighted by Crippen LogP contribution is 2.24. The first kappa shape index (κ1) is 9.94. The first-order chi connectivity index (χ1) is 7.83. The van der Waals surface area contributed by atoms with E-state index in [4.69, 9.17) is 11.6 Å². The summed E-state index contributed by atoms with van der Waals surface area (Å²) in [5.41, 5.74) is 5.13. The van der Waals surface area contributed by atoms with Gasteiger partial charge in [0.15, 0.2) is 0 Å². The van der Waals surface area contributed by atoms with Crippen molar-refractivity contribution in [1.82, 2.24) is 10.3 Å². The predicted octanol–water partition coefficient (Wildman–Crippen LogP) is 2.98. The van der Waals surface area contributed by atoms with Crippen molar-refractivity contribution < 1.29 is 0 Å². The zero-order valence-corrected chi connectivity index (χ0v) is 9.64. The summed E-state index contributed by atoms with van der Waals surface area (Å²) in [6.45, 7) is 2.02. The lowest BCUT2D eigenvalue weighted by Gasteiger charge is -2.11. The molecule has 0 saturated carbocycles. The summed E-state index contributed by atoms with van der Waals surface area (Å²) in [5.74, 6) is 0. The number of halogens is 1. The molecule has 2 nitrogen and oxygen atoms in total. The number of aromatic nitrogens is 1. The molecule has 2 aromatic rings. The zero-order valence-electron chi connectivity index (χ0n) is 8.89. The molecule has 1 aromatic carbocycles. The fraction of sp³-hybridized carbons (Fsp3) is 0.231. The van der Waals surface area contributed by atoms with Gasteiger partial charge in [0.25, 0.3) is 0 Å². The molecule has 0 saturated heterocycles. The van der Waals surface area contributed by atoms with Gasteiger partial charge in [0.05, 0.1) is 0 Å². The zero-order chi connectivity index (χ0) is 11.0. The summed E-state index contributed by atoms with van der Waals surface area (Å²) in [7, 11) is 0. The summed E-state index contributed by atoms with van der Waals surface area (Å²) in [6, 6.07) is 10.2. The van der Waals surface area contributed by atoms with Gasteiger partial charge in [-0.15, -0.1) is 0 Å². The predicted molar refractivity (Wildman–Crippen MR) is 66.6 cm³/mol. The van der Waals surface area contributed by atoms with Gasteiger partial charge in [0.2, 0.25) is 0 Å². The maximum Gasteiger partial charge on any atom is 0.0459 e. The van der Waals surface area contributed by atoms with Gasteiger partial charge >= 0.3 is 0 Å². The Hall–Kier alpha value is -1.25. The van der Waals surface area contributed by atoms with Gasteiger partial charge in [0.1, 0.15) is 0 Å². The van der Waals surface area contributed by atoms with Crippen molar-refractivity contribution in [2.75, 3.05) is 6.54 Å². The van der Waals surface area contributed by atoms with Crippen LogP contribution in [0.5, 0.6) is 0 Å². The number of H-pyrrole nitrogens is 1. The summed E-state index contributed by atoms with van der Waals surface area (Å²) >= 11 is 5.88. The molecule has 3 heteroatoms. The molecule has 2 N–H and O–H groups in total. The molecule has 0 bridgehead atoms. The standard InChI is InChI=1S/C13H13ClN2/c14-11-3-1-9(2-4-11)12-7-10-5-6-15-8-13(10)16-12/h1-4,7,15-16H,5-6,8H2. The number of aromatic amines is 1. The lowest BCUT2D eigenvalue weighted by molar-refractivity contribution is 0.635. The third-order valence-electron chi connectivity index (χ3n) is 3.02. The first-order valence-electron chi connectivity index (χ1n) is 5.50. The van der Waals surface area contributed by atoms with Gasteiger partial charge in [-0.25, -0.2) is 0 Å². The van der Waals surface area contributed by atoms with Crippen LogP contribution < -0.4 is 5.32 Å². The molecule has 3 rings (SSSR count). The smallest absolute Gasteiger partial charge is 0.0459 e. The van der Waals surface area contributed by atoms with Crippen molar-refractivity contribution >= 4 is 11.6 Å². The second-order valence-corrected chi connectivity index (χ2v) is 4.56. The fourth-order valence-electron chi connectivity index (χ4n) is 2.14. The minimum absolute atomic E-state index is 0.779. The average molecular weight is 233 g/mol. The van der Waals surface area contributed by atoms with Gasteiger partial charge < -0.3 is 10.3 Å². The highest BCUT2D eigenvalue weighted by Gasteiger charge is 2.12. The Kier molecular flexibility index (Phi) is 2.46. The lowest BCUT2D eigenvalue weighted by Crippen LogP contribution is -2.22. The van der Waals surface area contributed by atoms with Crippen molar-refractivity contribution in [3.8, 4) is 11.3 Å². The topological polar surface area (TPSA) is 27.8 Å². The number of benzene rings is 1. The Morgan fingerprint density at radius 3 is 2.69 bits per heavy atom. The van der Waals surface area contributed by atoms with Crippen LogP contribution in [0.25, 0.3) is 11.3 Å². The molecular weight excluding hydrogens is 220 g/mol. The molecule has 2 heterocycles. The van der Waals surface area contributed by atoms with E-state index < -0.39 is 0 Å². The summed E-state index contributed by atoms with van der Waals surface area (Å²) in [6.07, 6.45) is 1.11. The SMILES string of the molecule is Clc1ccc(-c2cc3c([nH]2)CNCC3)cc1. The third-order valence-corrected chi connectivity index (χ3v) is 3.27.